The van der Waals surface area contributed by atoms with Crippen molar-refractivity contribution in [3.05, 3.63) is 39.6 Å². The summed E-state index contributed by atoms with van der Waals surface area (Å²) >= 11 is 4.79. The highest BCUT2D eigenvalue weighted by atomic mass is 79.9. The van der Waals surface area contributed by atoms with E-state index >= 15 is 0 Å². The van der Waals surface area contributed by atoms with Crippen LogP contribution in [0.25, 0.3) is 10.6 Å². The Kier molecular flexibility index (Phi) is 3.14. The lowest BCUT2D eigenvalue weighted by molar-refractivity contribution is 0.628. The maximum absolute atomic E-state index is 13.0. The summed E-state index contributed by atoms with van der Waals surface area (Å²) in [6.45, 7) is 0.438. The third-order valence-electron chi connectivity index (χ3n) is 1.91. The fraction of sp³-hybridized carbons (Fsp3) is 0.100. The Morgan fingerprint density at radius 1 is 1.47 bits per heavy atom. The molecule has 1 aromatic carbocycles. The molecule has 0 fully saturated rings. The van der Waals surface area contributed by atoms with E-state index in [0.717, 1.165) is 20.1 Å². The molecule has 0 aliphatic rings. The summed E-state index contributed by atoms with van der Waals surface area (Å²) < 4.78 is 13.7. The molecule has 5 heteroatoms. The lowest BCUT2D eigenvalue weighted by atomic mass is 10.2. The molecule has 0 saturated heterocycles. The third kappa shape index (κ3) is 2.25. The summed E-state index contributed by atoms with van der Waals surface area (Å²) in [5.41, 5.74) is 6.32. The number of rotatable bonds is 2. The van der Waals surface area contributed by atoms with Gasteiger partial charge in [-0.05, 0) is 28.1 Å². The van der Waals surface area contributed by atoms with Gasteiger partial charge < -0.3 is 5.73 Å². The van der Waals surface area contributed by atoms with E-state index in [1.54, 1.807) is 6.07 Å². The predicted molar refractivity (Wildman–Crippen MR) is 63.1 cm³/mol. The molecular weight excluding hydrogens is 279 g/mol. The minimum absolute atomic E-state index is 0.256. The van der Waals surface area contributed by atoms with Crippen LogP contribution in [0.4, 0.5) is 4.39 Å². The van der Waals surface area contributed by atoms with Gasteiger partial charge in [0.25, 0.3) is 0 Å². The SMILES string of the molecule is NCc1sc(-c2cccc(F)c2)nc1Br. The summed E-state index contributed by atoms with van der Waals surface area (Å²) in [5.74, 6) is -0.256. The van der Waals surface area contributed by atoms with Crippen molar-refractivity contribution in [3.63, 3.8) is 0 Å². The van der Waals surface area contributed by atoms with Crippen LogP contribution in [0.15, 0.2) is 28.9 Å². The van der Waals surface area contributed by atoms with Crippen molar-refractivity contribution in [1.82, 2.24) is 4.98 Å². The van der Waals surface area contributed by atoms with Gasteiger partial charge in [-0.2, -0.15) is 0 Å². The number of hydrogen-bond acceptors (Lipinski definition) is 3. The van der Waals surface area contributed by atoms with Crippen LogP contribution in [0.1, 0.15) is 4.88 Å². The highest BCUT2D eigenvalue weighted by molar-refractivity contribution is 9.10. The maximum atomic E-state index is 13.0. The molecule has 0 bridgehead atoms. The second kappa shape index (κ2) is 4.38. The molecule has 78 valence electrons. The second-order valence-electron chi connectivity index (χ2n) is 2.95. The zero-order valence-corrected chi connectivity index (χ0v) is 10.1. The summed E-state index contributed by atoms with van der Waals surface area (Å²) in [4.78, 5) is 5.25. The quantitative estimate of drug-likeness (QED) is 0.921. The normalized spacial score (nSPS) is 10.6. The molecule has 0 radical (unpaired) electrons. The van der Waals surface area contributed by atoms with Gasteiger partial charge in [-0.1, -0.05) is 12.1 Å². The lowest BCUT2D eigenvalue weighted by Crippen LogP contribution is -1.92. The summed E-state index contributed by atoms with van der Waals surface area (Å²) in [6.07, 6.45) is 0. The van der Waals surface area contributed by atoms with E-state index in [4.69, 9.17) is 5.73 Å². The van der Waals surface area contributed by atoms with Gasteiger partial charge in [0.2, 0.25) is 0 Å². The minimum atomic E-state index is -0.256. The number of aromatic nitrogens is 1. The monoisotopic (exact) mass is 286 g/mol. The summed E-state index contributed by atoms with van der Waals surface area (Å²) in [7, 11) is 0. The van der Waals surface area contributed by atoms with Gasteiger partial charge in [-0.3, -0.25) is 0 Å². The first-order chi connectivity index (χ1) is 7.20. The average molecular weight is 287 g/mol. The van der Waals surface area contributed by atoms with Gasteiger partial charge in [0.05, 0.1) is 4.88 Å². The lowest BCUT2D eigenvalue weighted by Gasteiger charge is -1.94. The average Bonchev–Trinajstić information content (AvgIpc) is 2.60. The number of halogens is 2. The summed E-state index contributed by atoms with van der Waals surface area (Å²) in [6, 6.07) is 6.37. The van der Waals surface area contributed by atoms with Gasteiger partial charge >= 0.3 is 0 Å². The van der Waals surface area contributed by atoms with Crippen LogP contribution >= 0.6 is 27.3 Å². The second-order valence-corrected chi connectivity index (χ2v) is 4.78. The van der Waals surface area contributed by atoms with Crippen molar-refractivity contribution in [2.75, 3.05) is 0 Å². The molecule has 2 rings (SSSR count). The van der Waals surface area contributed by atoms with E-state index < -0.39 is 0 Å². The topological polar surface area (TPSA) is 38.9 Å². The van der Waals surface area contributed by atoms with Gasteiger partial charge in [-0.15, -0.1) is 11.3 Å². The third-order valence-corrected chi connectivity index (χ3v) is 3.95. The molecule has 0 aliphatic carbocycles. The fourth-order valence-corrected chi connectivity index (χ4v) is 2.73. The van der Waals surface area contributed by atoms with Crippen LogP contribution in [0, 0.1) is 5.82 Å². The van der Waals surface area contributed by atoms with Crippen molar-refractivity contribution in [1.29, 1.82) is 0 Å². The fourth-order valence-electron chi connectivity index (χ4n) is 1.20. The van der Waals surface area contributed by atoms with E-state index in [0.29, 0.717) is 6.54 Å². The molecule has 2 N–H and O–H groups in total. The first-order valence-electron chi connectivity index (χ1n) is 4.32. The van der Waals surface area contributed by atoms with Crippen molar-refractivity contribution < 1.29 is 4.39 Å². The van der Waals surface area contributed by atoms with Gasteiger partial charge in [0, 0.05) is 12.1 Å². The molecule has 0 amide bonds. The molecule has 0 atom stereocenters. The van der Waals surface area contributed by atoms with Crippen molar-refractivity contribution in [2.45, 2.75) is 6.54 Å². The predicted octanol–water partition coefficient (Wildman–Crippen LogP) is 3.17. The van der Waals surface area contributed by atoms with E-state index in [2.05, 4.69) is 20.9 Å². The Bertz CT molecular complexity index is 484. The van der Waals surface area contributed by atoms with Crippen molar-refractivity contribution >= 4 is 27.3 Å². The van der Waals surface area contributed by atoms with Crippen LogP contribution < -0.4 is 5.73 Å². The number of nitrogens with two attached hydrogens (primary N) is 1. The molecule has 2 aromatic rings. The Hall–Kier alpha value is -0.780. The summed E-state index contributed by atoms with van der Waals surface area (Å²) in [5, 5.41) is 0.779. The van der Waals surface area contributed by atoms with E-state index in [1.807, 2.05) is 6.07 Å². The Morgan fingerprint density at radius 2 is 2.27 bits per heavy atom. The van der Waals surface area contributed by atoms with Crippen LogP contribution in [0.2, 0.25) is 0 Å². The standard InChI is InChI=1S/C10H8BrFN2S/c11-9-8(5-13)15-10(14-9)6-2-1-3-7(12)4-6/h1-4H,5,13H2. The van der Waals surface area contributed by atoms with Crippen LogP contribution in [0.5, 0.6) is 0 Å². The molecule has 0 unspecified atom stereocenters. The Balaban J connectivity index is 2.45. The maximum Gasteiger partial charge on any atom is 0.125 e. The molecule has 1 aromatic heterocycles. The highest BCUT2D eigenvalue weighted by Gasteiger charge is 2.09. The molecule has 1 heterocycles. The van der Waals surface area contributed by atoms with Crippen LogP contribution in [0.3, 0.4) is 0 Å². The molecular formula is C10H8BrFN2S. The highest BCUT2D eigenvalue weighted by Crippen LogP contribution is 2.30. The first kappa shape index (κ1) is 10.7. The smallest absolute Gasteiger partial charge is 0.125 e. The van der Waals surface area contributed by atoms with Gasteiger partial charge in [0.1, 0.15) is 15.4 Å². The number of benzene rings is 1. The number of hydrogen-bond donors (Lipinski definition) is 1. The molecule has 0 aliphatic heterocycles. The van der Waals surface area contributed by atoms with Crippen LogP contribution in [-0.2, 0) is 6.54 Å². The zero-order chi connectivity index (χ0) is 10.8. The largest absolute Gasteiger partial charge is 0.326 e. The molecule has 0 saturated carbocycles. The zero-order valence-electron chi connectivity index (χ0n) is 7.71. The minimum Gasteiger partial charge on any atom is -0.326 e. The first-order valence-corrected chi connectivity index (χ1v) is 5.93. The van der Waals surface area contributed by atoms with Crippen LogP contribution in [-0.4, -0.2) is 4.98 Å². The Morgan fingerprint density at radius 3 is 2.87 bits per heavy atom. The van der Waals surface area contributed by atoms with E-state index in [9.17, 15) is 4.39 Å². The number of thiazole rings is 1. The number of nitrogens with zero attached hydrogens (tertiary/aromatic N) is 1. The molecule has 0 spiro atoms. The van der Waals surface area contributed by atoms with E-state index in [-0.39, 0.29) is 5.82 Å². The van der Waals surface area contributed by atoms with Gasteiger partial charge in [-0.25, -0.2) is 9.37 Å². The molecule has 2 nitrogen and oxygen atoms in total. The van der Waals surface area contributed by atoms with Crippen molar-refractivity contribution in [2.24, 2.45) is 5.73 Å². The Labute approximate surface area is 99.1 Å². The van der Waals surface area contributed by atoms with E-state index in [1.165, 1.54) is 23.5 Å². The van der Waals surface area contributed by atoms with Crippen molar-refractivity contribution in [3.8, 4) is 10.6 Å². The van der Waals surface area contributed by atoms with Gasteiger partial charge in [0.15, 0.2) is 0 Å². The molecule has 15 heavy (non-hydrogen) atoms.